The maximum Gasteiger partial charge on any atom is 0.283 e. The van der Waals surface area contributed by atoms with Gasteiger partial charge in [-0.05, 0) is 30.3 Å². The summed E-state index contributed by atoms with van der Waals surface area (Å²) in [6.07, 6.45) is 1.38. The number of rotatable bonds is 4. The van der Waals surface area contributed by atoms with Gasteiger partial charge in [-0.3, -0.25) is 14.6 Å². The number of fused-ring (bicyclic) bond motifs is 2. The van der Waals surface area contributed by atoms with Crippen LogP contribution in [0.4, 0.5) is 5.69 Å². The minimum absolute atomic E-state index is 0.205. The first-order valence-corrected chi connectivity index (χ1v) is 8.20. The topological polar surface area (TPSA) is 79.8 Å². The van der Waals surface area contributed by atoms with Crippen molar-refractivity contribution in [1.82, 2.24) is 5.48 Å². The zero-order chi connectivity index (χ0) is 17.8. The fourth-order valence-electron chi connectivity index (χ4n) is 2.25. The van der Waals surface area contributed by atoms with E-state index in [4.69, 9.17) is 4.84 Å². The Morgan fingerprint density at radius 1 is 1.28 bits per heavy atom. The van der Waals surface area contributed by atoms with E-state index in [0.29, 0.717) is 16.8 Å². The summed E-state index contributed by atoms with van der Waals surface area (Å²) in [5.74, 6) is -0.442. The van der Waals surface area contributed by atoms with Crippen molar-refractivity contribution in [3.8, 4) is 0 Å². The van der Waals surface area contributed by atoms with Gasteiger partial charge in [0.15, 0.2) is 5.76 Å². The van der Waals surface area contributed by atoms with Crippen LogP contribution in [0.3, 0.4) is 0 Å². The smallest absolute Gasteiger partial charge is 0.283 e. The van der Waals surface area contributed by atoms with E-state index in [0.717, 1.165) is 9.79 Å². The highest BCUT2D eigenvalue weighted by Gasteiger charge is 2.20. The van der Waals surface area contributed by atoms with E-state index in [9.17, 15) is 9.59 Å². The SMILES string of the molecule is C=C(C=NC)ONC(=O)c1ccc2c(c1)NC(=O)c1ccccc1S2. The van der Waals surface area contributed by atoms with Crippen molar-refractivity contribution in [2.75, 3.05) is 12.4 Å². The van der Waals surface area contributed by atoms with Crippen LogP contribution in [0.2, 0.25) is 0 Å². The van der Waals surface area contributed by atoms with Gasteiger partial charge in [0.2, 0.25) is 0 Å². The van der Waals surface area contributed by atoms with E-state index in [-0.39, 0.29) is 11.7 Å². The number of amides is 2. The van der Waals surface area contributed by atoms with Gasteiger partial charge in [0.05, 0.1) is 17.5 Å². The summed E-state index contributed by atoms with van der Waals surface area (Å²) in [5, 5.41) is 2.84. The van der Waals surface area contributed by atoms with Crippen LogP contribution in [0.1, 0.15) is 20.7 Å². The van der Waals surface area contributed by atoms with E-state index in [1.54, 1.807) is 31.3 Å². The first kappa shape index (κ1) is 16.8. The number of carbonyl (C=O) groups excluding carboxylic acids is 2. The lowest BCUT2D eigenvalue weighted by molar-refractivity contribution is 0.0626. The zero-order valence-corrected chi connectivity index (χ0v) is 14.2. The molecule has 0 spiro atoms. The first-order valence-electron chi connectivity index (χ1n) is 7.39. The largest absolute Gasteiger partial charge is 0.378 e. The highest BCUT2D eigenvalue weighted by molar-refractivity contribution is 7.99. The molecule has 0 saturated carbocycles. The molecule has 0 aliphatic carbocycles. The number of nitrogens with zero attached hydrogens (tertiary/aromatic N) is 1. The predicted molar refractivity (Wildman–Crippen MR) is 97.1 cm³/mol. The fraction of sp³-hybridized carbons (Fsp3) is 0.0556. The van der Waals surface area contributed by atoms with Crippen LogP contribution in [-0.2, 0) is 4.84 Å². The molecule has 6 nitrogen and oxygen atoms in total. The zero-order valence-electron chi connectivity index (χ0n) is 13.4. The minimum Gasteiger partial charge on any atom is -0.378 e. The third kappa shape index (κ3) is 3.72. The van der Waals surface area contributed by atoms with Crippen molar-refractivity contribution >= 4 is 35.5 Å². The number of benzene rings is 2. The molecule has 25 heavy (non-hydrogen) atoms. The van der Waals surface area contributed by atoms with E-state index < -0.39 is 5.91 Å². The second kappa shape index (κ2) is 7.23. The van der Waals surface area contributed by atoms with E-state index in [2.05, 4.69) is 22.4 Å². The Kier molecular flexibility index (Phi) is 4.85. The van der Waals surface area contributed by atoms with Crippen molar-refractivity contribution in [3.05, 3.63) is 65.9 Å². The standard InChI is InChI=1S/C18H15N3O3S/c1-11(10-19-2)24-21-17(22)12-7-8-16-14(9-12)20-18(23)13-5-3-4-6-15(13)25-16/h3-10H,1H2,2H3,(H,20,23)(H,21,22). The van der Waals surface area contributed by atoms with Crippen LogP contribution in [0.25, 0.3) is 0 Å². The highest BCUT2D eigenvalue weighted by atomic mass is 32.2. The molecule has 0 radical (unpaired) electrons. The minimum atomic E-state index is -0.450. The number of nitrogens with one attached hydrogen (secondary N) is 2. The van der Waals surface area contributed by atoms with Crippen molar-refractivity contribution in [2.45, 2.75) is 9.79 Å². The molecule has 0 unspecified atom stereocenters. The molecule has 1 aliphatic heterocycles. The number of allylic oxidation sites excluding steroid dienone is 1. The van der Waals surface area contributed by atoms with Crippen LogP contribution in [-0.4, -0.2) is 25.1 Å². The van der Waals surface area contributed by atoms with Gasteiger partial charge in [-0.2, -0.15) is 5.48 Å². The molecule has 7 heteroatoms. The van der Waals surface area contributed by atoms with Crippen LogP contribution in [0.15, 0.2) is 69.6 Å². The Balaban J connectivity index is 1.81. The van der Waals surface area contributed by atoms with E-state index in [1.165, 1.54) is 18.0 Å². The Morgan fingerprint density at radius 3 is 2.88 bits per heavy atom. The lowest BCUT2D eigenvalue weighted by Gasteiger charge is -2.10. The summed E-state index contributed by atoms with van der Waals surface area (Å²) in [4.78, 5) is 35.0. The Hall–Kier alpha value is -3.06. The van der Waals surface area contributed by atoms with Crippen molar-refractivity contribution < 1.29 is 14.4 Å². The molecule has 2 amide bonds. The molecule has 1 aliphatic rings. The molecule has 2 aromatic rings. The van der Waals surface area contributed by atoms with Gasteiger partial charge in [-0.25, -0.2) is 0 Å². The summed E-state index contributed by atoms with van der Waals surface area (Å²) in [6, 6.07) is 12.4. The predicted octanol–water partition coefficient (Wildman–Crippen LogP) is 3.28. The fourth-order valence-corrected chi connectivity index (χ4v) is 3.26. The molecule has 0 fully saturated rings. The second-order valence-electron chi connectivity index (χ2n) is 5.15. The molecule has 2 aromatic carbocycles. The van der Waals surface area contributed by atoms with E-state index in [1.807, 2.05) is 18.2 Å². The quantitative estimate of drug-likeness (QED) is 0.502. The molecule has 0 atom stereocenters. The summed E-state index contributed by atoms with van der Waals surface area (Å²) in [7, 11) is 1.57. The average Bonchev–Trinajstić information content (AvgIpc) is 2.75. The molecule has 0 saturated heterocycles. The van der Waals surface area contributed by atoms with Gasteiger partial charge in [0, 0.05) is 22.4 Å². The van der Waals surface area contributed by atoms with E-state index >= 15 is 0 Å². The number of hydrogen-bond donors (Lipinski definition) is 2. The molecular formula is C18H15N3O3S. The number of carbonyl (C=O) groups is 2. The van der Waals surface area contributed by atoms with Gasteiger partial charge in [0.1, 0.15) is 0 Å². The average molecular weight is 353 g/mol. The summed E-state index contributed by atoms with van der Waals surface area (Å²) >= 11 is 1.47. The van der Waals surface area contributed by atoms with Gasteiger partial charge in [-0.15, -0.1) is 0 Å². The molecule has 126 valence electrons. The lowest BCUT2D eigenvalue weighted by atomic mass is 10.1. The van der Waals surface area contributed by atoms with Crippen LogP contribution in [0, 0.1) is 0 Å². The van der Waals surface area contributed by atoms with Crippen LogP contribution in [0.5, 0.6) is 0 Å². The molecule has 2 N–H and O–H groups in total. The third-order valence-electron chi connectivity index (χ3n) is 3.39. The van der Waals surface area contributed by atoms with Gasteiger partial charge in [-0.1, -0.05) is 30.5 Å². The molecule has 1 heterocycles. The van der Waals surface area contributed by atoms with Gasteiger partial charge < -0.3 is 10.2 Å². The van der Waals surface area contributed by atoms with Crippen LogP contribution >= 0.6 is 11.8 Å². The first-order chi connectivity index (χ1) is 12.1. The molecule has 3 rings (SSSR count). The second-order valence-corrected chi connectivity index (χ2v) is 6.23. The summed E-state index contributed by atoms with van der Waals surface area (Å²) in [5.41, 5.74) is 3.82. The Bertz CT molecular complexity index is 893. The summed E-state index contributed by atoms with van der Waals surface area (Å²) < 4.78 is 0. The van der Waals surface area contributed by atoms with Crippen molar-refractivity contribution in [3.63, 3.8) is 0 Å². The maximum atomic E-state index is 12.4. The lowest BCUT2D eigenvalue weighted by Crippen LogP contribution is -2.23. The Labute approximate surface area is 148 Å². The van der Waals surface area contributed by atoms with Gasteiger partial charge >= 0.3 is 0 Å². The Morgan fingerprint density at radius 2 is 2.08 bits per heavy atom. The highest BCUT2D eigenvalue weighted by Crippen LogP contribution is 2.38. The number of anilines is 1. The van der Waals surface area contributed by atoms with Crippen molar-refractivity contribution in [1.29, 1.82) is 0 Å². The van der Waals surface area contributed by atoms with Crippen LogP contribution < -0.4 is 10.8 Å². The molecule has 0 bridgehead atoms. The molecular weight excluding hydrogens is 338 g/mol. The number of hydrogen-bond acceptors (Lipinski definition) is 5. The monoisotopic (exact) mass is 353 g/mol. The number of hydroxylamine groups is 1. The normalized spacial score (nSPS) is 12.6. The van der Waals surface area contributed by atoms with Crippen molar-refractivity contribution in [2.24, 2.45) is 4.99 Å². The third-order valence-corrected chi connectivity index (χ3v) is 4.54. The molecule has 0 aromatic heterocycles. The van der Waals surface area contributed by atoms with Gasteiger partial charge in [0.25, 0.3) is 11.8 Å². The number of aliphatic imine (C=N–C) groups is 1. The maximum absolute atomic E-state index is 12.4. The summed E-state index contributed by atoms with van der Waals surface area (Å²) in [6.45, 7) is 3.58.